The van der Waals surface area contributed by atoms with Crippen LogP contribution in [-0.2, 0) is 6.42 Å². The zero-order chi connectivity index (χ0) is 18.5. The van der Waals surface area contributed by atoms with Gasteiger partial charge in [0.2, 0.25) is 5.95 Å². The number of benzene rings is 2. The number of nitrogens with one attached hydrogen (secondary N) is 2. The Morgan fingerprint density at radius 1 is 1.00 bits per heavy atom. The van der Waals surface area contributed by atoms with Gasteiger partial charge in [0.1, 0.15) is 0 Å². The van der Waals surface area contributed by atoms with Crippen LogP contribution < -0.4 is 10.6 Å². The van der Waals surface area contributed by atoms with Crippen molar-refractivity contribution in [2.75, 3.05) is 10.6 Å². The Balaban J connectivity index is 1.72. The summed E-state index contributed by atoms with van der Waals surface area (Å²) in [6, 6.07) is 13.8. The van der Waals surface area contributed by atoms with Crippen LogP contribution in [0.3, 0.4) is 0 Å². The van der Waals surface area contributed by atoms with E-state index in [2.05, 4.69) is 33.6 Å². The Morgan fingerprint density at radius 2 is 1.69 bits per heavy atom. The normalized spacial score (nSPS) is 10.4. The van der Waals surface area contributed by atoms with Gasteiger partial charge in [0, 0.05) is 23.8 Å². The van der Waals surface area contributed by atoms with Crippen molar-refractivity contribution < 1.29 is 4.79 Å². The lowest BCUT2D eigenvalue weighted by molar-refractivity contribution is 0.102. The Labute approximate surface area is 153 Å². The van der Waals surface area contributed by atoms with Crippen LogP contribution in [0.2, 0.25) is 0 Å². The van der Waals surface area contributed by atoms with Gasteiger partial charge in [-0.3, -0.25) is 4.79 Å². The van der Waals surface area contributed by atoms with E-state index in [1.165, 1.54) is 18.0 Å². The van der Waals surface area contributed by atoms with E-state index in [4.69, 9.17) is 0 Å². The van der Waals surface area contributed by atoms with Gasteiger partial charge >= 0.3 is 0 Å². The van der Waals surface area contributed by atoms with Crippen molar-refractivity contribution in [1.29, 1.82) is 0 Å². The van der Waals surface area contributed by atoms with E-state index in [0.29, 0.717) is 11.5 Å². The molecule has 5 nitrogen and oxygen atoms in total. The molecular weight excluding hydrogens is 324 g/mol. The molecule has 2 aromatic carbocycles. The quantitative estimate of drug-likeness (QED) is 0.705. The molecule has 0 spiro atoms. The van der Waals surface area contributed by atoms with Gasteiger partial charge < -0.3 is 10.6 Å². The number of carbonyl (C=O) groups is 1. The average Bonchev–Trinajstić information content (AvgIpc) is 2.65. The summed E-state index contributed by atoms with van der Waals surface area (Å²) in [5, 5.41) is 6.10. The Kier molecular flexibility index (Phi) is 5.27. The summed E-state index contributed by atoms with van der Waals surface area (Å²) < 4.78 is 0. The first-order valence-corrected chi connectivity index (χ1v) is 8.62. The summed E-state index contributed by atoms with van der Waals surface area (Å²) in [4.78, 5) is 20.9. The number of hydrogen-bond donors (Lipinski definition) is 2. The van der Waals surface area contributed by atoms with Gasteiger partial charge in [0.15, 0.2) is 0 Å². The zero-order valence-electron chi connectivity index (χ0n) is 15.2. The van der Waals surface area contributed by atoms with Gasteiger partial charge in [0.05, 0.1) is 5.56 Å². The van der Waals surface area contributed by atoms with Crippen LogP contribution in [0.25, 0.3) is 0 Å². The third kappa shape index (κ3) is 4.06. The molecule has 0 atom stereocenters. The van der Waals surface area contributed by atoms with Crippen LogP contribution in [0, 0.1) is 13.8 Å². The van der Waals surface area contributed by atoms with Gasteiger partial charge in [-0.25, -0.2) is 9.97 Å². The fraction of sp³-hybridized carbons (Fsp3) is 0.190. The molecule has 5 heteroatoms. The molecule has 26 heavy (non-hydrogen) atoms. The molecule has 0 radical (unpaired) electrons. The largest absolute Gasteiger partial charge is 0.324 e. The number of hydrogen-bond acceptors (Lipinski definition) is 4. The lowest BCUT2D eigenvalue weighted by Gasteiger charge is -2.13. The maximum absolute atomic E-state index is 12.3. The first-order chi connectivity index (χ1) is 12.6. The van der Waals surface area contributed by atoms with E-state index in [-0.39, 0.29) is 5.91 Å². The van der Waals surface area contributed by atoms with Crippen molar-refractivity contribution in [3.05, 3.63) is 77.1 Å². The van der Waals surface area contributed by atoms with Crippen molar-refractivity contribution in [2.45, 2.75) is 27.2 Å². The fourth-order valence-electron chi connectivity index (χ4n) is 2.66. The minimum absolute atomic E-state index is 0.231. The molecule has 0 saturated heterocycles. The highest BCUT2D eigenvalue weighted by Gasteiger charge is 2.10. The first kappa shape index (κ1) is 17.6. The number of aryl methyl sites for hydroxylation is 3. The number of aromatic nitrogens is 2. The standard InChI is InChI=1S/C21H22N4O/c1-4-16-7-5-6-15(3)19(16)25-21-22-12-17(13-23-21)20(26)24-18-10-8-14(2)9-11-18/h5-13H,4H2,1-3H3,(H,24,26)(H,22,23,25). The molecule has 1 heterocycles. The third-order valence-electron chi connectivity index (χ3n) is 4.20. The molecule has 0 aliphatic rings. The maximum atomic E-state index is 12.3. The molecule has 3 aromatic rings. The predicted octanol–water partition coefficient (Wildman–Crippen LogP) is 4.65. The number of rotatable bonds is 5. The minimum atomic E-state index is -0.231. The van der Waals surface area contributed by atoms with E-state index in [1.54, 1.807) is 0 Å². The molecule has 0 bridgehead atoms. The summed E-state index contributed by atoms with van der Waals surface area (Å²) in [6.07, 6.45) is 3.98. The monoisotopic (exact) mass is 346 g/mol. The smallest absolute Gasteiger partial charge is 0.258 e. The summed E-state index contributed by atoms with van der Waals surface area (Å²) in [7, 11) is 0. The lowest BCUT2D eigenvalue weighted by Crippen LogP contribution is -2.13. The molecule has 0 aliphatic heterocycles. The van der Waals surface area contributed by atoms with Gasteiger partial charge in [0.25, 0.3) is 5.91 Å². The Bertz CT molecular complexity index is 902. The van der Waals surface area contributed by atoms with E-state index < -0.39 is 0 Å². The second-order valence-electron chi connectivity index (χ2n) is 6.20. The highest BCUT2D eigenvalue weighted by atomic mass is 16.1. The molecule has 3 rings (SSSR count). The number of amides is 1. The topological polar surface area (TPSA) is 66.9 Å². The molecule has 132 valence electrons. The highest BCUT2D eigenvalue weighted by molar-refractivity contribution is 6.03. The van der Waals surface area contributed by atoms with Gasteiger partial charge in [-0.1, -0.05) is 42.8 Å². The van der Waals surface area contributed by atoms with Gasteiger partial charge in [-0.2, -0.15) is 0 Å². The van der Waals surface area contributed by atoms with Gasteiger partial charge in [-0.15, -0.1) is 0 Å². The molecule has 0 unspecified atom stereocenters. The van der Waals surface area contributed by atoms with E-state index >= 15 is 0 Å². The first-order valence-electron chi connectivity index (χ1n) is 8.62. The maximum Gasteiger partial charge on any atom is 0.258 e. The van der Waals surface area contributed by atoms with Crippen molar-refractivity contribution in [1.82, 2.24) is 9.97 Å². The highest BCUT2D eigenvalue weighted by Crippen LogP contribution is 2.23. The molecule has 0 aliphatic carbocycles. The van der Waals surface area contributed by atoms with E-state index in [9.17, 15) is 4.79 Å². The molecular formula is C21H22N4O. The van der Waals surface area contributed by atoms with Crippen molar-refractivity contribution in [3.8, 4) is 0 Å². The minimum Gasteiger partial charge on any atom is -0.324 e. The number of anilines is 3. The van der Waals surface area contributed by atoms with Crippen LogP contribution in [0.5, 0.6) is 0 Å². The van der Waals surface area contributed by atoms with Crippen LogP contribution >= 0.6 is 0 Å². The summed E-state index contributed by atoms with van der Waals surface area (Å²) in [5.41, 5.74) is 5.66. The summed E-state index contributed by atoms with van der Waals surface area (Å²) in [6.45, 7) is 6.16. The summed E-state index contributed by atoms with van der Waals surface area (Å²) >= 11 is 0. The molecule has 1 aromatic heterocycles. The number of para-hydroxylation sites is 1. The second kappa shape index (κ2) is 7.78. The number of carbonyl (C=O) groups excluding carboxylic acids is 1. The molecule has 0 fully saturated rings. The third-order valence-corrected chi connectivity index (χ3v) is 4.20. The van der Waals surface area contributed by atoms with Crippen molar-refractivity contribution >= 4 is 23.2 Å². The van der Waals surface area contributed by atoms with Crippen LogP contribution in [-0.4, -0.2) is 15.9 Å². The van der Waals surface area contributed by atoms with Crippen molar-refractivity contribution in [2.24, 2.45) is 0 Å². The molecule has 2 N–H and O–H groups in total. The SMILES string of the molecule is CCc1cccc(C)c1Nc1ncc(C(=O)Nc2ccc(C)cc2)cn1. The van der Waals surface area contributed by atoms with E-state index in [1.807, 2.05) is 50.2 Å². The second-order valence-corrected chi connectivity index (χ2v) is 6.20. The Hall–Kier alpha value is -3.21. The fourth-order valence-corrected chi connectivity index (χ4v) is 2.66. The molecule has 0 saturated carbocycles. The predicted molar refractivity (Wildman–Crippen MR) is 105 cm³/mol. The van der Waals surface area contributed by atoms with Crippen LogP contribution in [0.1, 0.15) is 34.0 Å². The number of nitrogens with zero attached hydrogens (tertiary/aromatic N) is 2. The van der Waals surface area contributed by atoms with E-state index in [0.717, 1.165) is 28.9 Å². The summed E-state index contributed by atoms with van der Waals surface area (Å²) in [5.74, 6) is 0.242. The Morgan fingerprint density at radius 3 is 2.35 bits per heavy atom. The van der Waals surface area contributed by atoms with Crippen LogP contribution in [0.15, 0.2) is 54.9 Å². The lowest BCUT2D eigenvalue weighted by atomic mass is 10.1. The average molecular weight is 346 g/mol. The van der Waals surface area contributed by atoms with Crippen LogP contribution in [0.4, 0.5) is 17.3 Å². The van der Waals surface area contributed by atoms with Gasteiger partial charge in [-0.05, 0) is 43.5 Å². The zero-order valence-corrected chi connectivity index (χ0v) is 15.2. The van der Waals surface area contributed by atoms with Crippen molar-refractivity contribution in [3.63, 3.8) is 0 Å². The molecule has 1 amide bonds.